The Balaban J connectivity index is 1.20. The minimum Gasteiger partial charge on any atom is -0.115 e. The molecule has 0 nitrogen and oxygen atoms in total. The van der Waals surface area contributed by atoms with Crippen LogP contribution in [0, 0.1) is 0 Å². The third kappa shape index (κ3) is 6.30. The van der Waals surface area contributed by atoms with Crippen LogP contribution in [0.2, 0.25) is 0 Å². The summed E-state index contributed by atoms with van der Waals surface area (Å²) in [6.45, 7) is 0. The van der Waals surface area contributed by atoms with Crippen molar-refractivity contribution in [2.24, 2.45) is 0 Å². The molecule has 0 N–H and O–H groups in total. The van der Waals surface area contributed by atoms with Crippen LogP contribution in [-0.2, 0) is 6.42 Å². The molecular formula is C45H37S2+. The first-order valence-corrected chi connectivity index (χ1v) is 18.5. The fraction of sp³-hybridized carbons (Fsp3) is 0.156. The monoisotopic (exact) mass is 641 g/mol. The van der Waals surface area contributed by atoms with Gasteiger partial charge in [0.15, 0.2) is 0 Å². The highest BCUT2D eigenvalue weighted by atomic mass is 32.2. The van der Waals surface area contributed by atoms with Gasteiger partial charge in [-0.2, -0.15) is 0 Å². The number of benzene rings is 4. The first-order valence-electron chi connectivity index (χ1n) is 16.8. The van der Waals surface area contributed by atoms with Gasteiger partial charge in [-0.25, -0.2) is 0 Å². The molecule has 5 aromatic rings. The minimum absolute atomic E-state index is 0.948. The Bertz CT molecular complexity index is 2080. The second-order valence-corrected chi connectivity index (χ2v) is 14.6. The zero-order valence-electron chi connectivity index (χ0n) is 26.5. The highest BCUT2D eigenvalue weighted by Crippen LogP contribution is 2.52. The van der Waals surface area contributed by atoms with Crippen LogP contribution in [0.1, 0.15) is 60.1 Å². The lowest BCUT2D eigenvalue weighted by atomic mass is 9.86. The molecule has 0 bridgehead atoms. The number of hydrogen-bond acceptors (Lipinski definition) is 1. The van der Waals surface area contributed by atoms with Gasteiger partial charge in [-0.1, -0.05) is 127 Å². The van der Waals surface area contributed by atoms with Crippen LogP contribution in [-0.4, -0.2) is 0 Å². The smallest absolute Gasteiger partial charge is 0.115 e. The Kier molecular flexibility index (Phi) is 8.73. The van der Waals surface area contributed by atoms with Gasteiger partial charge in [-0.3, -0.25) is 0 Å². The summed E-state index contributed by atoms with van der Waals surface area (Å²) < 4.78 is 0. The van der Waals surface area contributed by atoms with Gasteiger partial charge in [0, 0.05) is 27.0 Å². The van der Waals surface area contributed by atoms with E-state index in [9.17, 15) is 0 Å². The van der Waals surface area contributed by atoms with Gasteiger partial charge < -0.3 is 0 Å². The van der Waals surface area contributed by atoms with Crippen molar-refractivity contribution in [3.63, 3.8) is 0 Å². The van der Waals surface area contributed by atoms with Gasteiger partial charge in [-0.05, 0) is 103 Å². The molecule has 0 fully saturated rings. The SMILES string of the molecule is C(=CCC1=C2SC(c3ccccc3)=CC(c3ccccc3)=C2CCC1)=C1CCCc2c(-c3ccccc3)cc(-c3ccccc3)[s+]c21. The quantitative estimate of drug-likeness (QED) is 0.131. The molecule has 4 aromatic carbocycles. The summed E-state index contributed by atoms with van der Waals surface area (Å²) in [4.78, 5) is 5.57. The standard InChI is InChI=1S/C45H37S2/c1-5-16-32(17-6-1)40-30-42(34-20-9-3-10-21-34)46-44-36(26-14-28-38(40)44)24-13-25-37-27-15-29-39-41(33-18-7-2-8-19-33)31-43(47-45(37)39)35-22-11-4-12-23-35/h1-13,16-23,30-31H,14-15,24,26-29H2/q+1. The lowest BCUT2D eigenvalue weighted by Crippen LogP contribution is -2.07. The predicted molar refractivity (Wildman–Crippen MR) is 205 cm³/mol. The molecule has 8 rings (SSSR count). The average Bonchev–Trinajstić information content (AvgIpc) is 3.15. The molecule has 2 heteroatoms. The Labute approximate surface area is 287 Å². The Morgan fingerprint density at radius 2 is 1.26 bits per heavy atom. The molecule has 0 amide bonds. The van der Waals surface area contributed by atoms with Crippen LogP contribution < -0.4 is 0 Å². The van der Waals surface area contributed by atoms with E-state index in [0.29, 0.717) is 0 Å². The molecule has 0 unspecified atom stereocenters. The van der Waals surface area contributed by atoms with Gasteiger partial charge in [-0.15, -0.1) is 5.73 Å². The third-order valence-electron chi connectivity index (χ3n) is 9.44. The van der Waals surface area contributed by atoms with Crippen LogP contribution in [0.4, 0.5) is 0 Å². The van der Waals surface area contributed by atoms with E-state index in [1.807, 2.05) is 23.1 Å². The first kappa shape index (κ1) is 29.9. The van der Waals surface area contributed by atoms with Crippen molar-refractivity contribution in [3.05, 3.63) is 183 Å². The molecule has 0 saturated carbocycles. The summed E-state index contributed by atoms with van der Waals surface area (Å²) >= 11 is 3.92. The van der Waals surface area contributed by atoms with Crippen LogP contribution in [0.5, 0.6) is 0 Å². The number of allylic oxidation sites excluding steroid dienone is 5. The van der Waals surface area contributed by atoms with E-state index >= 15 is 0 Å². The van der Waals surface area contributed by atoms with E-state index in [-0.39, 0.29) is 0 Å². The normalized spacial score (nSPS) is 15.8. The highest BCUT2D eigenvalue weighted by molar-refractivity contribution is 8.12. The molecule has 0 saturated heterocycles. The lowest BCUT2D eigenvalue weighted by molar-refractivity contribution is 0.765. The third-order valence-corrected chi connectivity index (χ3v) is 12.0. The molecule has 47 heavy (non-hydrogen) atoms. The van der Waals surface area contributed by atoms with Crippen molar-refractivity contribution < 1.29 is 0 Å². The molecule has 2 aliphatic carbocycles. The zero-order valence-corrected chi connectivity index (χ0v) is 28.2. The maximum absolute atomic E-state index is 3.89. The van der Waals surface area contributed by atoms with Gasteiger partial charge >= 0.3 is 0 Å². The molecular weight excluding hydrogens is 605 g/mol. The van der Waals surface area contributed by atoms with Crippen molar-refractivity contribution in [2.45, 2.75) is 44.9 Å². The Morgan fingerprint density at radius 1 is 0.638 bits per heavy atom. The van der Waals surface area contributed by atoms with Gasteiger partial charge in [0.2, 0.25) is 21.1 Å². The largest absolute Gasteiger partial charge is 0.246 e. The molecule has 1 aliphatic heterocycles. The summed E-state index contributed by atoms with van der Waals surface area (Å²) in [6.07, 6.45) is 12.6. The Hall–Kier alpha value is -4.46. The van der Waals surface area contributed by atoms with Crippen LogP contribution >= 0.6 is 23.1 Å². The summed E-state index contributed by atoms with van der Waals surface area (Å²) in [5, 5.41) is 0. The summed E-state index contributed by atoms with van der Waals surface area (Å²) in [6, 6.07) is 46.1. The zero-order chi connectivity index (χ0) is 31.4. The van der Waals surface area contributed by atoms with E-state index in [1.165, 1.54) is 82.5 Å². The van der Waals surface area contributed by atoms with E-state index in [1.54, 1.807) is 5.57 Å². The van der Waals surface area contributed by atoms with E-state index in [0.717, 1.165) is 32.1 Å². The lowest BCUT2D eigenvalue weighted by Gasteiger charge is -2.29. The summed E-state index contributed by atoms with van der Waals surface area (Å²) in [5.74, 6) is 0. The first-order chi connectivity index (χ1) is 23.3. The Morgan fingerprint density at radius 3 is 1.96 bits per heavy atom. The second-order valence-electron chi connectivity index (χ2n) is 12.5. The van der Waals surface area contributed by atoms with Crippen molar-refractivity contribution in [1.29, 1.82) is 0 Å². The average molecular weight is 642 g/mol. The van der Waals surface area contributed by atoms with Gasteiger partial charge in [0.05, 0.1) is 5.57 Å². The molecule has 228 valence electrons. The molecule has 2 heterocycles. The number of rotatable bonds is 6. The maximum Gasteiger partial charge on any atom is 0.246 e. The fourth-order valence-electron chi connectivity index (χ4n) is 7.13. The molecule has 0 spiro atoms. The van der Waals surface area contributed by atoms with E-state index in [2.05, 4.69) is 145 Å². The maximum atomic E-state index is 3.89. The van der Waals surface area contributed by atoms with Crippen molar-refractivity contribution >= 4 is 39.2 Å². The van der Waals surface area contributed by atoms with Crippen LogP contribution in [0.3, 0.4) is 0 Å². The van der Waals surface area contributed by atoms with Crippen LogP contribution in [0.15, 0.2) is 161 Å². The molecule has 3 aliphatic rings. The van der Waals surface area contributed by atoms with Crippen LogP contribution in [0.25, 0.3) is 37.6 Å². The topological polar surface area (TPSA) is 0 Å². The number of hydrogen-bond donors (Lipinski definition) is 0. The minimum atomic E-state index is 0.948. The second kappa shape index (κ2) is 13.7. The number of thioether (sulfide) groups is 1. The molecule has 0 atom stereocenters. The molecule has 0 radical (unpaired) electrons. The van der Waals surface area contributed by atoms with E-state index in [4.69, 9.17) is 0 Å². The van der Waals surface area contributed by atoms with Gasteiger partial charge in [0.25, 0.3) is 0 Å². The summed E-state index contributed by atoms with van der Waals surface area (Å²) in [7, 11) is 0. The fourth-order valence-corrected chi connectivity index (χ4v) is 9.71. The van der Waals surface area contributed by atoms with Crippen molar-refractivity contribution in [3.8, 4) is 21.6 Å². The van der Waals surface area contributed by atoms with Gasteiger partial charge in [0.1, 0.15) is 0 Å². The highest BCUT2D eigenvalue weighted by Gasteiger charge is 2.30. The van der Waals surface area contributed by atoms with Crippen molar-refractivity contribution in [2.75, 3.05) is 0 Å². The van der Waals surface area contributed by atoms with Crippen molar-refractivity contribution in [1.82, 2.24) is 0 Å². The number of fused-ring (bicyclic) bond motifs is 2. The molecule has 1 aromatic heterocycles. The van der Waals surface area contributed by atoms with E-state index < -0.39 is 0 Å². The predicted octanol–water partition coefficient (Wildman–Crippen LogP) is 13.3. The summed E-state index contributed by atoms with van der Waals surface area (Å²) in [5.41, 5.74) is 17.8.